The number of nitrogen functional groups attached to an aromatic ring is 1. The average Bonchev–Trinajstić information content (AvgIpc) is 2.28. The molecule has 0 spiro atoms. The van der Waals surface area contributed by atoms with E-state index in [0.717, 1.165) is 15.8 Å². The summed E-state index contributed by atoms with van der Waals surface area (Å²) >= 11 is 3.32. The number of halogens is 1. The topological polar surface area (TPSA) is 56.2 Å². The predicted molar refractivity (Wildman–Crippen MR) is 49.8 cm³/mol. The Morgan fingerprint density at radius 2 is 2.33 bits per heavy atom. The molecule has 0 saturated carbocycles. The highest BCUT2D eigenvalue weighted by Gasteiger charge is 2.05. The van der Waals surface area contributed by atoms with Crippen molar-refractivity contribution in [3.63, 3.8) is 0 Å². The third-order valence-electron chi connectivity index (χ3n) is 1.66. The lowest BCUT2D eigenvalue weighted by Gasteiger charge is -1.93. The minimum Gasteiger partial charge on any atom is -0.396 e. The van der Waals surface area contributed by atoms with Gasteiger partial charge < -0.3 is 5.73 Å². The van der Waals surface area contributed by atoms with Crippen LogP contribution in [0.3, 0.4) is 0 Å². The zero-order chi connectivity index (χ0) is 8.72. The molecule has 0 aromatic carbocycles. The lowest BCUT2D eigenvalue weighted by Crippen LogP contribution is -1.94. The molecule has 12 heavy (non-hydrogen) atoms. The Morgan fingerprint density at radius 1 is 1.58 bits per heavy atom. The maximum absolute atomic E-state index is 5.54. The molecule has 2 aromatic heterocycles. The van der Waals surface area contributed by atoms with E-state index in [1.54, 1.807) is 16.9 Å². The fraction of sp³-hybridized carbons (Fsp3) is 0.143. The van der Waals surface area contributed by atoms with Gasteiger partial charge in [0.05, 0.1) is 18.1 Å². The molecule has 0 aliphatic rings. The molecule has 0 amide bonds. The molecule has 2 N–H and O–H groups in total. The maximum atomic E-state index is 5.54. The van der Waals surface area contributed by atoms with Gasteiger partial charge in [0, 0.05) is 5.56 Å². The molecule has 0 saturated heterocycles. The van der Waals surface area contributed by atoms with Crippen molar-refractivity contribution in [1.82, 2.24) is 14.6 Å². The first-order chi connectivity index (χ1) is 5.68. The number of aromatic nitrogens is 3. The van der Waals surface area contributed by atoms with Gasteiger partial charge in [0.15, 0.2) is 5.65 Å². The molecular weight excluding hydrogens is 220 g/mol. The van der Waals surface area contributed by atoms with E-state index < -0.39 is 0 Å². The fourth-order valence-corrected chi connectivity index (χ4v) is 1.39. The summed E-state index contributed by atoms with van der Waals surface area (Å²) in [4.78, 5) is 4.15. The molecular formula is C7H7BrN4. The van der Waals surface area contributed by atoms with Gasteiger partial charge >= 0.3 is 0 Å². The van der Waals surface area contributed by atoms with E-state index in [4.69, 9.17) is 5.73 Å². The second-order valence-corrected chi connectivity index (χ2v) is 3.32. The smallest absolute Gasteiger partial charge is 0.159 e. The summed E-state index contributed by atoms with van der Waals surface area (Å²) in [6, 6.07) is 0. The van der Waals surface area contributed by atoms with Crippen LogP contribution >= 0.6 is 15.9 Å². The van der Waals surface area contributed by atoms with Gasteiger partial charge in [-0.25, -0.2) is 9.50 Å². The molecule has 62 valence electrons. The highest BCUT2D eigenvalue weighted by molar-refractivity contribution is 9.10. The van der Waals surface area contributed by atoms with Crippen LogP contribution in [0.5, 0.6) is 0 Å². The SMILES string of the molecule is Cc1c(Br)nn2cc(N)cnc12. The van der Waals surface area contributed by atoms with Crippen molar-refractivity contribution in [2.75, 3.05) is 5.73 Å². The molecule has 0 radical (unpaired) electrons. The van der Waals surface area contributed by atoms with Crippen molar-refractivity contribution in [2.45, 2.75) is 6.92 Å². The summed E-state index contributed by atoms with van der Waals surface area (Å²) in [6.07, 6.45) is 3.36. The highest BCUT2D eigenvalue weighted by Crippen LogP contribution is 2.18. The number of rotatable bonds is 0. The molecule has 5 heteroatoms. The van der Waals surface area contributed by atoms with Crippen molar-refractivity contribution >= 4 is 27.3 Å². The van der Waals surface area contributed by atoms with Gasteiger partial charge in [-0.05, 0) is 22.9 Å². The number of nitrogens with two attached hydrogens (primary N) is 1. The number of hydrogen-bond acceptors (Lipinski definition) is 3. The van der Waals surface area contributed by atoms with E-state index in [1.165, 1.54) is 0 Å². The van der Waals surface area contributed by atoms with Gasteiger partial charge in [-0.3, -0.25) is 0 Å². The molecule has 0 bridgehead atoms. The first kappa shape index (κ1) is 7.54. The Hall–Kier alpha value is -1.10. The van der Waals surface area contributed by atoms with Crippen LogP contribution in [0.1, 0.15) is 5.56 Å². The molecule has 0 unspecified atom stereocenters. The van der Waals surface area contributed by atoms with Crippen LogP contribution in [-0.2, 0) is 0 Å². The summed E-state index contributed by atoms with van der Waals surface area (Å²) in [6.45, 7) is 1.95. The van der Waals surface area contributed by atoms with Gasteiger partial charge in [-0.1, -0.05) is 0 Å². The van der Waals surface area contributed by atoms with E-state index >= 15 is 0 Å². The number of nitrogens with zero attached hydrogens (tertiary/aromatic N) is 3. The van der Waals surface area contributed by atoms with Gasteiger partial charge in [0.25, 0.3) is 0 Å². The zero-order valence-electron chi connectivity index (χ0n) is 6.45. The molecule has 2 heterocycles. The Balaban J connectivity index is 2.87. The zero-order valence-corrected chi connectivity index (χ0v) is 8.04. The Labute approximate surface area is 77.5 Å². The van der Waals surface area contributed by atoms with Gasteiger partial charge in [0.2, 0.25) is 0 Å². The Kier molecular flexibility index (Phi) is 1.54. The number of anilines is 1. The predicted octanol–water partition coefficient (Wildman–Crippen LogP) is 1.38. The van der Waals surface area contributed by atoms with Crippen LogP contribution in [0, 0.1) is 6.92 Å². The Bertz CT molecular complexity index is 434. The first-order valence-electron chi connectivity index (χ1n) is 3.44. The third-order valence-corrected chi connectivity index (χ3v) is 2.42. The summed E-state index contributed by atoms with van der Waals surface area (Å²) < 4.78 is 2.47. The van der Waals surface area contributed by atoms with E-state index in [2.05, 4.69) is 26.0 Å². The van der Waals surface area contributed by atoms with E-state index in [1.807, 2.05) is 6.92 Å². The second-order valence-electron chi connectivity index (χ2n) is 2.57. The molecule has 0 atom stereocenters. The number of aryl methyl sites for hydroxylation is 1. The minimum absolute atomic E-state index is 0.609. The van der Waals surface area contributed by atoms with Crippen LogP contribution in [0.4, 0.5) is 5.69 Å². The summed E-state index contributed by atoms with van der Waals surface area (Å²) in [7, 11) is 0. The van der Waals surface area contributed by atoms with E-state index in [-0.39, 0.29) is 0 Å². The highest BCUT2D eigenvalue weighted by atomic mass is 79.9. The lowest BCUT2D eigenvalue weighted by molar-refractivity contribution is 0.930. The standard InChI is InChI=1S/C7H7BrN4/c1-4-6(8)11-12-3-5(9)2-10-7(4)12/h2-3H,9H2,1H3. The normalized spacial score (nSPS) is 10.8. The fourth-order valence-electron chi connectivity index (χ4n) is 1.04. The largest absolute Gasteiger partial charge is 0.396 e. The monoisotopic (exact) mass is 226 g/mol. The van der Waals surface area contributed by atoms with Gasteiger partial charge in [0.1, 0.15) is 4.60 Å². The van der Waals surface area contributed by atoms with Crippen molar-refractivity contribution in [3.05, 3.63) is 22.6 Å². The summed E-state index contributed by atoms with van der Waals surface area (Å²) in [5.41, 5.74) is 8.01. The third kappa shape index (κ3) is 0.972. The average molecular weight is 227 g/mol. The van der Waals surface area contributed by atoms with E-state index in [9.17, 15) is 0 Å². The molecule has 4 nitrogen and oxygen atoms in total. The summed E-state index contributed by atoms with van der Waals surface area (Å²) in [5.74, 6) is 0. The maximum Gasteiger partial charge on any atom is 0.159 e. The molecule has 0 aliphatic heterocycles. The van der Waals surface area contributed by atoms with Gasteiger partial charge in [-0.2, -0.15) is 5.10 Å². The van der Waals surface area contributed by atoms with Crippen LogP contribution in [0.25, 0.3) is 5.65 Å². The van der Waals surface area contributed by atoms with Crippen LogP contribution < -0.4 is 5.73 Å². The summed E-state index contributed by atoms with van der Waals surface area (Å²) in [5, 5.41) is 4.16. The second kappa shape index (κ2) is 2.45. The number of fused-ring (bicyclic) bond motifs is 1. The molecule has 2 aromatic rings. The molecule has 2 rings (SSSR count). The van der Waals surface area contributed by atoms with Crippen LogP contribution in [0.2, 0.25) is 0 Å². The van der Waals surface area contributed by atoms with Crippen LogP contribution in [-0.4, -0.2) is 14.6 Å². The molecule has 0 fully saturated rings. The molecule has 0 aliphatic carbocycles. The van der Waals surface area contributed by atoms with Crippen molar-refractivity contribution < 1.29 is 0 Å². The van der Waals surface area contributed by atoms with Crippen molar-refractivity contribution in [2.24, 2.45) is 0 Å². The van der Waals surface area contributed by atoms with Crippen LogP contribution in [0.15, 0.2) is 17.0 Å². The Morgan fingerprint density at radius 3 is 3.08 bits per heavy atom. The lowest BCUT2D eigenvalue weighted by atomic mass is 10.4. The minimum atomic E-state index is 0.609. The van der Waals surface area contributed by atoms with Gasteiger partial charge in [-0.15, -0.1) is 0 Å². The van der Waals surface area contributed by atoms with Crippen molar-refractivity contribution in [3.8, 4) is 0 Å². The quantitative estimate of drug-likeness (QED) is 0.739. The van der Waals surface area contributed by atoms with E-state index in [0.29, 0.717) is 5.69 Å². The van der Waals surface area contributed by atoms with Crippen molar-refractivity contribution in [1.29, 1.82) is 0 Å². The number of hydrogen-bond donors (Lipinski definition) is 1. The first-order valence-corrected chi connectivity index (χ1v) is 4.24.